The van der Waals surface area contributed by atoms with E-state index in [0.717, 1.165) is 37.2 Å². The van der Waals surface area contributed by atoms with Crippen molar-refractivity contribution in [3.05, 3.63) is 42.5 Å². The summed E-state index contributed by atoms with van der Waals surface area (Å²) in [6.45, 7) is 4.96. The molecule has 0 unspecified atom stereocenters. The van der Waals surface area contributed by atoms with Crippen LogP contribution in [0.2, 0.25) is 0 Å². The highest BCUT2D eigenvalue weighted by atomic mass is 16.5. The Morgan fingerprint density at radius 3 is 2.63 bits per heavy atom. The average Bonchev–Trinajstić information content (AvgIpc) is 2.43. The molecule has 0 saturated carbocycles. The molecule has 1 aromatic carbocycles. The molecule has 0 amide bonds. The van der Waals surface area contributed by atoms with Gasteiger partial charge in [0.2, 0.25) is 0 Å². The number of methoxy groups -OCH3 is 1. The van der Waals surface area contributed by atoms with Crippen molar-refractivity contribution in [2.24, 2.45) is 0 Å². The maximum atomic E-state index is 9.51. The van der Waals surface area contributed by atoms with Crippen LogP contribution in [0.25, 0.3) is 0 Å². The second kappa shape index (κ2) is 9.59. The first kappa shape index (κ1) is 15.7. The van der Waals surface area contributed by atoms with Gasteiger partial charge in [-0.25, -0.2) is 0 Å². The van der Waals surface area contributed by atoms with Gasteiger partial charge >= 0.3 is 0 Å². The van der Waals surface area contributed by atoms with Crippen LogP contribution in [0.5, 0.6) is 5.75 Å². The number of hydrogen-bond acceptors (Lipinski definition) is 3. The lowest BCUT2D eigenvalue weighted by Crippen LogP contribution is -2.05. The van der Waals surface area contributed by atoms with E-state index in [0.29, 0.717) is 13.0 Å². The number of benzene rings is 1. The average molecular weight is 264 g/mol. The van der Waals surface area contributed by atoms with E-state index < -0.39 is 0 Å². The van der Waals surface area contributed by atoms with E-state index >= 15 is 0 Å². The zero-order chi connectivity index (χ0) is 13.9. The monoisotopic (exact) mass is 264 g/mol. The minimum atomic E-state index is -0.251. The third-order valence-electron chi connectivity index (χ3n) is 2.94. The number of aliphatic hydroxyl groups excluding tert-OH is 1. The Hall–Kier alpha value is -1.32. The lowest BCUT2D eigenvalue weighted by atomic mass is 10.1. The maximum absolute atomic E-state index is 9.51. The Morgan fingerprint density at radius 2 is 2.00 bits per heavy atom. The summed E-state index contributed by atoms with van der Waals surface area (Å²) in [6.07, 6.45) is 4.95. The van der Waals surface area contributed by atoms with Crippen LogP contribution in [0.1, 0.15) is 31.2 Å². The molecule has 1 N–H and O–H groups in total. The van der Waals surface area contributed by atoms with Gasteiger partial charge in [0.05, 0.1) is 19.8 Å². The second-order valence-electron chi connectivity index (χ2n) is 4.57. The second-order valence-corrected chi connectivity index (χ2v) is 4.57. The number of ether oxygens (including phenoxy) is 2. The lowest BCUT2D eigenvalue weighted by molar-refractivity contribution is 0.110. The first-order chi connectivity index (χ1) is 9.26. The molecule has 0 saturated heterocycles. The molecule has 1 aromatic rings. The van der Waals surface area contributed by atoms with Crippen LogP contribution in [0.4, 0.5) is 0 Å². The van der Waals surface area contributed by atoms with Gasteiger partial charge in [-0.05, 0) is 43.4 Å². The summed E-state index contributed by atoms with van der Waals surface area (Å²) in [5.41, 5.74) is 1.15. The Bertz CT molecular complexity index is 346. The molecule has 0 bridgehead atoms. The SMILES string of the molecule is C=CC[C@H](O)CCCCOCc1ccc(OC)cc1. The number of aliphatic hydroxyl groups is 1. The molecular formula is C16H24O3. The molecule has 106 valence electrons. The van der Waals surface area contributed by atoms with E-state index in [2.05, 4.69) is 6.58 Å². The molecule has 19 heavy (non-hydrogen) atoms. The number of hydrogen-bond donors (Lipinski definition) is 1. The first-order valence-corrected chi connectivity index (χ1v) is 6.76. The zero-order valence-electron chi connectivity index (χ0n) is 11.7. The summed E-state index contributed by atoms with van der Waals surface area (Å²) in [5.74, 6) is 0.861. The van der Waals surface area contributed by atoms with Crippen molar-refractivity contribution in [3.63, 3.8) is 0 Å². The minimum absolute atomic E-state index is 0.251. The van der Waals surface area contributed by atoms with Crippen molar-refractivity contribution in [3.8, 4) is 5.75 Å². The van der Waals surface area contributed by atoms with Crippen LogP contribution in [-0.2, 0) is 11.3 Å². The largest absolute Gasteiger partial charge is 0.497 e. The van der Waals surface area contributed by atoms with Crippen LogP contribution in [0.3, 0.4) is 0 Å². The van der Waals surface area contributed by atoms with E-state index in [9.17, 15) is 5.11 Å². The van der Waals surface area contributed by atoms with Crippen LogP contribution < -0.4 is 4.74 Å². The fraction of sp³-hybridized carbons (Fsp3) is 0.500. The van der Waals surface area contributed by atoms with E-state index in [1.807, 2.05) is 24.3 Å². The van der Waals surface area contributed by atoms with Crippen molar-refractivity contribution in [2.45, 2.75) is 38.4 Å². The normalized spacial score (nSPS) is 12.1. The van der Waals surface area contributed by atoms with E-state index in [1.165, 1.54) is 0 Å². The van der Waals surface area contributed by atoms with E-state index in [4.69, 9.17) is 9.47 Å². The van der Waals surface area contributed by atoms with Gasteiger partial charge < -0.3 is 14.6 Å². The molecule has 0 radical (unpaired) electrons. The molecule has 0 fully saturated rings. The van der Waals surface area contributed by atoms with Gasteiger partial charge in [0.1, 0.15) is 5.75 Å². The summed E-state index contributed by atoms with van der Waals surface area (Å²) in [7, 11) is 1.66. The van der Waals surface area contributed by atoms with Gasteiger partial charge in [0.25, 0.3) is 0 Å². The fourth-order valence-electron chi connectivity index (χ4n) is 1.81. The Labute approximate surface area is 115 Å². The predicted molar refractivity (Wildman–Crippen MR) is 77.3 cm³/mol. The molecule has 0 aromatic heterocycles. The quantitative estimate of drug-likeness (QED) is 0.520. The van der Waals surface area contributed by atoms with Gasteiger partial charge in [-0.2, -0.15) is 0 Å². The predicted octanol–water partition coefficient (Wildman–Crippen LogP) is 3.32. The Kier molecular flexibility index (Phi) is 7.94. The van der Waals surface area contributed by atoms with E-state index in [1.54, 1.807) is 13.2 Å². The third kappa shape index (κ3) is 6.99. The van der Waals surface area contributed by atoms with E-state index in [-0.39, 0.29) is 6.10 Å². The van der Waals surface area contributed by atoms with Crippen molar-refractivity contribution in [2.75, 3.05) is 13.7 Å². The van der Waals surface area contributed by atoms with Crippen molar-refractivity contribution in [1.29, 1.82) is 0 Å². The Balaban J connectivity index is 2.05. The van der Waals surface area contributed by atoms with Gasteiger partial charge in [-0.15, -0.1) is 6.58 Å². The van der Waals surface area contributed by atoms with Crippen LogP contribution in [0, 0.1) is 0 Å². The number of unbranched alkanes of at least 4 members (excludes halogenated alkanes) is 1. The highest BCUT2D eigenvalue weighted by molar-refractivity contribution is 5.26. The van der Waals surface area contributed by atoms with Crippen molar-refractivity contribution >= 4 is 0 Å². The zero-order valence-corrected chi connectivity index (χ0v) is 11.7. The summed E-state index contributed by atoms with van der Waals surface area (Å²) in [6, 6.07) is 7.88. The summed E-state index contributed by atoms with van der Waals surface area (Å²) >= 11 is 0. The summed E-state index contributed by atoms with van der Waals surface area (Å²) in [5, 5.41) is 9.51. The van der Waals surface area contributed by atoms with Gasteiger partial charge in [0, 0.05) is 6.61 Å². The molecule has 0 aliphatic carbocycles. The maximum Gasteiger partial charge on any atom is 0.118 e. The lowest BCUT2D eigenvalue weighted by Gasteiger charge is -2.08. The fourth-order valence-corrected chi connectivity index (χ4v) is 1.81. The first-order valence-electron chi connectivity index (χ1n) is 6.76. The van der Waals surface area contributed by atoms with Gasteiger partial charge in [0.15, 0.2) is 0 Å². The van der Waals surface area contributed by atoms with Crippen LogP contribution in [-0.4, -0.2) is 24.9 Å². The topological polar surface area (TPSA) is 38.7 Å². The minimum Gasteiger partial charge on any atom is -0.497 e. The van der Waals surface area contributed by atoms with Crippen LogP contribution in [0.15, 0.2) is 36.9 Å². The van der Waals surface area contributed by atoms with Crippen molar-refractivity contribution < 1.29 is 14.6 Å². The standard InChI is InChI=1S/C16H24O3/c1-3-6-15(17)7-4-5-12-19-13-14-8-10-16(18-2)11-9-14/h3,8-11,15,17H,1,4-7,12-13H2,2H3/t15-/m0/s1. The molecule has 0 aliphatic rings. The smallest absolute Gasteiger partial charge is 0.118 e. The molecule has 0 spiro atoms. The van der Waals surface area contributed by atoms with Gasteiger partial charge in [-0.3, -0.25) is 0 Å². The highest BCUT2D eigenvalue weighted by Gasteiger charge is 2.01. The molecule has 1 rings (SSSR count). The Morgan fingerprint density at radius 1 is 1.26 bits per heavy atom. The number of rotatable bonds is 10. The molecule has 3 heteroatoms. The highest BCUT2D eigenvalue weighted by Crippen LogP contribution is 2.12. The molecule has 3 nitrogen and oxygen atoms in total. The molecule has 0 aliphatic heterocycles. The third-order valence-corrected chi connectivity index (χ3v) is 2.94. The molecule has 1 atom stereocenters. The summed E-state index contributed by atoms with van der Waals surface area (Å²) < 4.78 is 10.7. The molecule has 0 heterocycles. The van der Waals surface area contributed by atoms with Gasteiger partial charge in [-0.1, -0.05) is 18.2 Å². The van der Waals surface area contributed by atoms with Crippen molar-refractivity contribution in [1.82, 2.24) is 0 Å². The summed E-state index contributed by atoms with van der Waals surface area (Å²) in [4.78, 5) is 0. The molecular weight excluding hydrogens is 240 g/mol. The van der Waals surface area contributed by atoms with Crippen LogP contribution >= 0.6 is 0 Å².